The van der Waals surface area contributed by atoms with Crippen molar-refractivity contribution in [3.8, 4) is 5.75 Å². The third-order valence-corrected chi connectivity index (χ3v) is 3.45. The molecule has 112 valence electrons. The number of nitrogens with one attached hydrogen (secondary N) is 1. The van der Waals surface area contributed by atoms with Crippen LogP contribution in [0.5, 0.6) is 5.75 Å². The number of carbonyl (C=O) groups is 1. The summed E-state index contributed by atoms with van der Waals surface area (Å²) in [5.74, 6) is 0.177. The second-order valence-electron chi connectivity index (χ2n) is 5.28. The number of aromatic hydroxyl groups is 1. The highest BCUT2D eigenvalue weighted by molar-refractivity contribution is 5.79. The predicted molar refractivity (Wildman–Crippen MR) is 82.8 cm³/mol. The standard InChI is InChI=1S/C17H27NO2/c1-2-3-4-5-6-7-10-13-18-17(20)14-15-11-8-9-12-16(15)19/h8-9,11-12,19H,2-7,10,13-14H2,1H3,(H,18,20). The number of amides is 1. The topological polar surface area (TPSA) is 49.3 Å². The number of phenolic OH excluding ortho intramolecular Hbond substituents is 1. The zero-order chi connectivity index (χ0) is 14.6. The molecule has 0 aliphatic heterocycles. The molecule has 0 aliphatic rings. The van der Waals surface area contributed by atoms with Crippen molar-refractivity contribution in [1.29, 1.82) is 0 Å². The normalized spacial score (nSPS) is 10.4. The van der Waals surface area contributed by atoms with E-state index in [1.54, 1.807) is 18.2 Å². The Hall–Kier alpha value is -1.51. The smallest absolute Gasteiger partial charge is 0.224 e. The summed E-state index contributed by atoms with van der Waals surface area (Å²) in [6.45, 7) is 2.96. The van der Waals surface area contributed by atoms with Gasteiger partial charge in [0.25, 0.3) is 0 Å². The molecule has 1 amide bonds. The molecule has 0 aromatic heterocycles. The first kappa shape index (κ1) is 16.5. The summed E-state index contributed by atoms with van der Waals surface area (Å²) in [5, 5.41) is 12.5. The number of para-hydroxylation sites is 1. The van der Waals surface area contributed by atoms with Crippen LogP contribution in [0.4, 0.5) is 0 Å². The van der Waals surface area contributed by atoms with Gasteiger partial charge in [-0.05, 0) is 12.5 Å². The maximum absolute atomic E-state index is 11.7. The minimum Gasteiger partial charge on any atom is -0.508 e. The highest BCUT2D eigenvalue weighted by Crippen LogP contribution is 2.15. The molecule has 0 saturated carbocycles. The zero-order valence-corrected chi connectivity index (χ0v) is 12.5. The molecule has 0 spiro atoms. The van der Waals surface area contributed by atoms with E-state index in [0.29, 0.717) is 5.56 Å². The first-order valence-corrected chi connectivity index (χ1v) is 7.77. The maximum Gasteiger partial charge on any atom is 0.224 e. The van der Waals surface area contributed by atoms with Crippen LogP contribution in [0.3, 0.4) is 0 Å². The van der Waals surface area contributed by atoms with Crippen LogP contribution in [-0.2, 0) is 11.2 Å². The predicted octanol–water partition coefficient (Wildman–Crippen LogP) is 3.80. The van der Waals surface area contributed by atoms with Crippen LogP contribution in [0, 0.1) is 0 Å². The van der Waals surface area contributed by atoms with Gasteiger partial charge in [0.15, 0.2) is 0 Å². The van der Waals surface area contributed by atoms with E-state index in [1.807, 2.05) is 6.07 Å². The summed E-state index contributed by atoms with van der Waals surface area (Å²) in [6, 6.07) is 6.98. The van der Waals surface area contributed by atoms with Crippen molar-refractivity contribution in [2.45, 2.75) is 58.3 Å². The van der Waals surface area contributed by atoms with Crippen LogP contribution in [0.2, 0.25) is 0 Å². The fourth-order valence-corrected chi connectivity index (χ4v) is 2.21. The average Bonchev–Trinajstić information content (AvgIpc) is 2.44. The fourth-order valence-electron chi connectivity index (χ4n) is 2.21. The Morgan fingerprint density at radius 1 is 1.05 bits per heavy atom. The van der Waals surface area contributed by atoms with Gasteiger partial charge >= 0.3 is 0 Å². The molecule has 3 nitrogen and oxygen atoms in total. The monoisotopic (exact) mass is 277 g/mol. The van der Waals surface area contributed by atoms with Gasteiger partial charge in [-0.25, -0.2) is 0 Å². The van der Waals surface area contributed by atoms with Gasteiger partial charge in [0.05, 0.1) is 6.42 Å². The van der Waals surface area contributed by atoms with Crippen molar-refractivity contribution in [3.63, 3.8) is 0 Å². The molecular weight excluding hydrogens is 250 g/mol. The number of benzene rings is 1. The van der Waals surface area contributed by atoms with E-state index < -0.39 is 0 Å². The Bertz CT molecular complexity index is 390. The summed E-state index contributed by atoms with van der Waals surface area (Å²) in [5.41, 5.74) is 0.685. The van der Waals surface area contributed by atoms with Gasteiger partial charge in [-0.2, -0.15) is 0 Å². The highest BCUT2D eigenvalue weighted by atomic mass is 16.3. The molecule has 0 unspecified atom stereocenters. The van der Waals surface area contributed by atoms with Gasteiger partial charge in [0, 0.05) is 12.1 Å². The molecule has 1 aromatic rings. The molecule has 1 rings (SSSR count). The van der Waals surface area contributed by atoms with Crippen LogP contribution in [-0.4, -0.2) is 17.6 Å². The quantitative estimate of drug-likeness (QED) is 0.639. The zero-order valence-electron chi connectivity index (χ0n) is 12.5. The Morgan fingerprint density at radius 3 is 2.40 bits per heavy atom. The van der Waals surface area contributed by atoms with Gasteiger partial charge in [-0.15, -0.1) is 0 Å². The second kappa shape index (κ2) is 10.3. The summed E-state index contributed by atoms with van der Waals surface area (Å²) >= 11 is 0. The largest absolute Gasteiger partial charge is 0.508 e. The Balaban J connectivity index is 2.05. The number of carbonyl (C=O) groups excluding carboxylic acids is 1. The number of hydrogen-bond donors (Lipinski definition) is 2. The Kier molecular flexibility index (Phi) is 8.52. The summed E-state index contributed by atoms with van der Waals surface area (Å²) in [7, 11) is 0. The van der Waals surface area contributed by atoms with Crippen LogP contribution in [0.1, 0.15) is 57.4 Å². The highest BCUT2D eigenvalue weighted by Gasteiger charge is 2.06. The summed E-state index contributed by atoms with van der Waals surface area (Å²) in [6.07, 6.45) is 8.98. The lowest BCUT2D eigenvalue weighted by molar-refractivity contribution is -0.120. The molecule has 20 heavy (non-hydrogen) atoms. The summed E-state index contributed by atoms with van der Waals surface area (Å²) < 4.78 is 0. The van der Waals surface area contributed by atoms with Gasteiger partial charge < -0.3 is 10.4 Å². The fraction of sp³-hybridized carbons (Fsp3) is 0.588. The van der Waals surface area contributed by atoms with E-state index in [-0.39, 0.29) is 18.1 Å². The molecule has 0 heterocycles. The lowest BCUT2D eigenvalue weighted by atomic mass is 10.1. The van der Waals surface area contributed by atoms with Crippen LogP contribution in [0.15, 0.2) is 24.3 Å². The van der Waals surface area contributed by atoms with Gasteiger partial charge in [0.2, 0.25) is 5.91 Å². The Labute approximate surface area is 122 Å². The van der Waals surface area contributed by atoms with Crippen molar-refractivity contribution in [3.05, 3.63) is 29.8 Å². The number of phenols is 1. The first-order valence-electron chi connectivity index (χ1n) is 7.77. The third kappa shape index (κ3) is 7.17. The molecule has 0 fully saturated rings. The van der Waals surface area contributed by atoms with Gasteiger partial charge in [-0.3, -0.25) is 4.79 Å². The number of hydrogen-bond acceptors (Lipinski definition) is 2. The van der Waals surface area contributed by atoms with Crippen molar-refractivity contribution >= 4 is 5.91 Å². The lowest BCUT2D eigenvalue weighted by Gasteiger charge is -2.06. The molecule has 0 radical (unpaired) electrons. The maximum atomic E-state index is 11.7. The molecule has 2 N–H and O–H groups in total. The van der Waals surface area contributed by atoms with Crippen molar-refractivity contribution in [2.75, 3.05) is 6.54 Å². The van der Waals surface area contributed by atoms with Crippen molar-refractivity contribution < 1.29 is 9.90 Å². The lowest BCUT2D eigenvalue weighted by Crippen LogP contribution is -2.26. The van der Waals surface area contributed by atoms with E-state index in [4.69, 9.17) is 0 Å². The molecule has 3 heteroatoms. The van der Waals surface area contributed by atoms with Gasteiger partial charge in [0.1, 0.15) is 5.75 Å². The van der Waals surface area contributed by atoms with Crippen LogP contribution in [0.25, 0.3) is 0 Å². The molecule has 1 aromatic carbocycles. The third-order valence-electron chi connectivity index (χ3n) is 3.45. The molecule has 0 bridgehead atoms. The van der Waals surface area contributed by atoms with E-state index in [2.05, 4.69) is 12.2 Å². The molecule has 0 aliphatic carbocycles. The van der Waals surface area contributed by atoms with Crippen LogP contribution >= 0.6 is 0 Å². The van der Waals surface area contributed by atoms with Crippen molar-refractivity contribution in [1.82, 2.24) is 5.32 Å². The number of rotatable bonds is 10. The Morgan fingerprint density at radius 2 is 1.70 bits per heavy atom. The van der Waals surface area contributed by atoms with E-state index in [1.165, 1.54) is 38.5 Å². The van der Waals surface area contributed by atoms with E-state index >= 15 is 0 Å². The number of unbranched alkanes of at least 4 members (excludes halogenated alkanes) is 6. The van der Waals surface area contributed by atoms with Crippen molar-refractivity contribution in [2.24, 2.45) is 0 Å². The first-order chi connectivity index (χ1) is 9.74. The van der Waals surface area contributed by atoms with E-state index in [0.717, 1.165) is 13.0 Å². The van der Waals surface area contributed by atoms with Crippen LogP contribution < -0.4 is 5.32 Å². The average molecular weight is 277 g/mol. The molecular formula is C17H27NO2. The molecule has 0 atom stereocenters. The minimum atomic E-state index is -0.0162. The van der Waals surface area contributed by atoms with Gasteiger partial charge in [-0.1, -0.05) is 63.6 Å². The summed E-state index contributed by atoms with van der Waals surface area (Å²) in [4.78, 5) is 11.7. The van der Waals surface area contributed by atoms with E-state index in [9.17, 15) is 9.90 Å². The molecule has 0 saturated heterocycles. The SMILES string of the molecule is CCCCCCCCCNC(=O)Cc1ccccc1O. The second-order valence-corrected chi connectivity index (χ2v) is 5.28. The minimum absolute atomic E-state index is 0.0162.